The highest BCUT2D eigenvalue weighted by Crippen LogP contribution is 2.37. The zero-order valence-electron chi connectivity index (χ0n) is 10.1. The maximum absolute atomic E-state index is 5.61. The van der Waals surface area contributed by atoms with Crippen molar-refractivity contribution < 1.29 is 0 Å². The van der Waals surface area contributed by atoms with E-state index in [1.54, 1.807) is 0 Å². The van der Waals surface area contributed by atoms with Crippen LogP contribution >= 0.6 is 0 Å². The molecule has 0 aromatic heterocycles. The van der Waals surface area contributed by atoms with E-state index in [9.17, 15) is 0 Å². The maximum Gasteiger partial charge on any atom is 0.0460 e. The minimum atomic E-state index is 0.310. The van der Waals surface area contributed by atoms with Crippen LogP contribution in [0.2, 0.25) is 0 Å². The van der Waals surface area contributed by atoms with Crippen molar-refractivity contribution >= 4 is 0 Å². The van der Waals surface area contributed by atoms with Crippen molar-refractivity contribution in [3.63, 3.8) is 0 Å². The molecule has 1 aliphatic carbocycles. The predicted octanol–water partition coefficient (Wildman–Crippen LogP) is 3.26. The van der Waals surface area contributed by atoms with Gasteiger partial charge in [-0.05, 0) is 36.3 Å². The van der Waals surface area contributed by atoms with Crippen molar-refractivity contribution in [3.8, 4) is 0 Å². The van der Waals surface area contributed by atoms with Crippen LogP contribution in [0.25, 0.3) is 0 Å². The molecule has 1 aliphatic rings. The summed E-state index contributed by atoms with van der Waals surface area (Å²) in [4.78, 5) is 0. The van der Waals surface area contributed by atoms with Gasteiger partial charge in [-0.15, -0.1) is 0 Å². The number of hydrogen-bond donors (Lipinski definition) is 2. The summed E-state index contributed by atoms with van der Waals surface area (Å²) in [5.74, 6) is 6.42. The number of rotatable bonds is 5. The van der Waals surface area contributed by atoms with E-state index in [0.717, 1.165) is 18.8 Å². The van der Waals surface area contributed by atoms with Crippen LogP contribution in [-0.2, 0) is 0 Å². The SMILES string of the molecule is CCCC(NN)c1cccc(C2CCC2)c1. The lowest BCUT2D eigenvalue weighted by atomic mass is 9.79. The largest absolute Gasteiger partial charge is 0.271 e. The number of nitrogens with one attached hydrogen (secondary N) is 1. The second-order valence-electron chi connectivity index (χ2n) is 4.81. The predicted molar refractivity (Wildman–Crippen MR) is 68.0 cm³/mol. The monoisotopic (exact) mass is 218 g/mol. The molecule has 1 atom stereocenters. The van der Waals surface area contributed by atoms with E-state index in [1.165, 1.54) is 30.4 Å². The van der Waals surface area contributed by atoms with Crippen LogP contribution in [0, 0.1) is 0 Å². The summed E-state index contributed by atoms with van der Waals surface area (Å²) in [5.41, 5.74) is 5.76. The molecule has 0 radical (unpaired) electrons. The lowest BCUT2D eigenvalue weighted by molar-refractivity contribution is 0.418. The van der Waals surface area contributed by atoms with Gasteiger partial charge >= 0.3 is 0 Å². The van der Waals surface area contributed by atoms with Crippen LogP contribution in [0.4, 0.5) is 0 Å². The fraction of sp³-hybridized carbons (Fsp3) is 0.571. The van der Waals surface area contributed by atoms with Crippen molar-refractivity contribution in [2.45, 2.75) is 51.0 Å². The number of benzene rings is 1. The molecule has 1 aromatic carbocycles. The normalized spacial score (nSPS) is 18.1. The van der Waals surface area contributed by atoms with Gasteiger partial charge in [-0.25, -0.2) is 0 Å². The lowest BCUT2D eigenvalue weighted by Crippen LogP contribution is -2.28. The van der Waals surface area contributed by atoms with E-state index in [4.69, 9.17) is 5.84 Å². The number of nitrogens with two attached hydrogens (primary N) is 1. The summed E-state index contributed by atoms with van der Waals surface area (Å²) in [7, 11) is 0. The second kappa shape index (κ2) is 5.46. The van der Waals surface area contributed by atoms with Gasteiger partial charge < -0.3 is 0 Å². The van der Waals surface area contributed by atoms with Gasteiger partial charge in [0.05, 0.1) is 0 Å². The molecular formula is C14H22N2. The Morgan fingerprint density at radius 2 is 2.25 bits per heavy atom. The van der Waals surface area contributed by atoms with Crippen LogP contribution in [0.5, 0.6) is 0 Å². The summed E-state index contributed by atoms with van der Waals surface area (Å²) in [6.07, 6.45) is 6.37. The van der Waals surface area contributed by atoms with Crippen molar-refractivity contribution in [3.05, 3.63) is 35.4 Å². The van der Waals surface area contributed by atoms with Gasteiger partial charge in [-0.3, -0.25) is 11.3 Å². The quantitative estimate of drug-likeness (QED) is 0.588. The van der Waals surface area contributed by atoms with Gasteiger partial charge in [0, 0.05) is 6.04 Å². The molecule has 1 unspecified atom stereocenters. The Morgan fingerprint density at radius 3 is 2.81 bits per heavy atom. The molecule has 0 spiro atoms. The first-order valence-corrected chi connectivity index (χ1v) is 6.41. The van der Waals surface area contributed by atoms with Gasteiger partial charge in [-0.2, -0.15) is 0 Å². The standard InChI is InChI=1S/C14H22N2/c1-2-5-14(16-15)13-9-4-8-12(10-13)11-6-3-7-11/h4,8-11,14,16H,2-3,5-7,15H2,1H3. The molecule has 0 bridgehead atoms. The summed E-state index contributed by atoms with van der Waals surface area (Å²) in [6.45, 7) is 2.19. The Bertz CT molecular complexity index is 331. The van der Waals surface area contributed by atoms with Crippen molar-refractivity contribution in [1.29, 1.82) is 0 Å². The molecule has 2 rings (SSSR count). The number of hydrogen-bond acceptors (Lipinski definition) is 2. The first-order chi connectivity index (χ1) is 7.85. The summed E-state index contributed by atoms with van der Waals surface area (Å²) in [6, 6.07) is 9.26. The van der Waals surface area contributed by atoms with Crippen molar-refractivity contribution in [1.82, 2.24) is 5.43 Å². The van der Waals surface area contributed by atoms with E-state index in [2.05, 4.69) is 36.6 Å². The molecule has 2 nitrogen and oxygen atoms in total. The van der Waals surface area contributed by atoms with E-state index in [0.29, 0.717) is 6.04 Å². The smallest absolute Gasteiger partial charge is 0.0460 e. The molecule has 0 aliphatic heterocycles. The van der Waals surface area contributed by atoms with Crippen LogP contribution in [-0.4, -0.2) is 0 Å². The molecule has 2 heteroatoms. The highest BCUT2D eigenvalue weighted by Gasteiger charge is 2.20. The molecule has 16 heavy (non-hydrogen) atoms. The van der Waals surface area contributed by atoms with E-state index in [-0.39, 0.29) is 0 Å². The van der Waals surface area contributed by atoms with Crippen molar-refractivity contribution in [2.75, 3.05) is 0 Å². The molecular weight excluding hydrogens is 196 g/mol. The second-order valence-corrected chi connectivity index (χ2v) is 4.81. The zero-order valence-corrected chi connectivity index (χ0v) is 10.1. The molecule has 0 heterocycles. The summed E-state index contributed by atoms with van der Waals surface area (Å²) < 4.78 is 0. The number of hydrazine groups is 1. The van der Waals surface area contributed by atoms with Gasteiger partial charge in [0.25, 0.3) is 0 Å². The van der Waals surface area contributed by atoms with Crippen LogP contribution in [0.1, 0.15) is 62.1 Å². The highest BCUT2D eigenvalue weighted by atomic mass is 15.2. The Labute approximate surface area is 98.2 Å². The summed E-state index contributed by atoms with van der Waals surface area (Å²) >= 11 is 0. The first-order valence-electron chi connectivity index (χ1n) is 6.41. The van der Waals surface area contributed by atoms with Gasteiger partial charge in [0.1, 0.15) is 0 Å². The minimum absolute atomic E-state index is 0.310. The molecule has 1 aromatic rings. The van der Waals surface area contributed by atoms with Gasteiger partial charge in [-0.1, -0.05) is 44.0 Å². The Kier molecular flexibility index (Phi) is 3.97. The average Bonchev–Trinajstić information content (AvgIpc) is 2.24. The lowest BCUT2D eigenvalue weighted by Gasteiger charge is -2.27. The van der Waals surface area contributed by atoms with E-state index in [1.807, 2.05) is 0 Å². The fourth-order valence-electron chi connectivity index (χ4n) is 2.41. The van der Waals surface area contributed by atoms with Crippen LogP contribution in [0.3, 0.4) is 0 Å². The molecule has 0 amide bonds. The van der Waals surface area contributed by atoms with E-state index >= 15 is 0 Å². The molecule has 88 valence electrons. The Morgan fingerprint density at radius 1 is 1.44 bits per heavy atom. The van der Waals surface area contributed by atoms with Crippen LogP contribution < -0.4 is 11.3 Å². The third-order valence-electron chi connectivity index (χ3n) is 3.67. The van der Waals surface area contributed by atoms with Crippen molar-refractivity contribution in [2.24, 2.45) is 5.84 Å². The molecule has 1 fully saturated rings. The Balaban J connectivity index is 2.13. The first kappa shape index (κ1) is 11.6. The zero-order chi connectivity index (χ0) is 11.4. The third kappa shape index (κ3) is 2.45. The average molecular weight is 218 g/mol. The van der Waals surface area contributed by atoms with Gasteiger partial charge in [0.2, 0.25) is 0 Å². The minimum Gasteiger partial charge on any atom is -0.271 e. The molecule has 0 saturated heterocycles. The summed E-state index contributed by atoms with van der Waals surface area (Å²) in [5, 5.41) is 0. The van der Waals surface area contributed by atoms with Crippen LogP contribution in [0.15, 0.2) is 24.3 Å². The maximum atomic E-state index is 5.61. The van der Waals surface area contributed by atoms with E-state index < -0.39 is 0 Å². The topological polar surface area (TPSA) is 38.0 Å². The van der Waals surface area contributed by atoms with Gasteiger partial charge in [0.15, 0.2) is 0 Å². The molecule has 3 N–H and O–H groups in total. The fourth-order valence-corrected chi connectivity index (χ4v) is 2.41. The Hall–Kier alpha value is -0.860. The molecule has 1 saturated carbocycles. The third-order valence-corrected chi connectivity index (χ3v) is 3.67. The highest BCUT2D eigenvalue weighted by molar-refractivity contribution is 5.29.